The number of carbonyl (C=O) groups excluding carboxylic acids is 2. The Kier molecular flexibility index (Phi) is 4.62. The summed E-state index contributed by atoms with van der Waals surface area (Å²) in [6, 6.07) is 2.26. The molecule has 0 aromatic carbocycles. The number of thiophene rings is 1. The number of quaternary nitrogens is 1. The normalized spacial score (nSPS) is 24.9. The molecular formula is C19H26N3O3S+. The van der Waals surface area contributed by atoms with Gasteiger partial charge in [-0.25, -0.2) is 0 Å². The summed E-state index contributed by atoms with van der Waals surface area (Å²) >= 11 is 1.45. The Balaban J connectivity index is 1.75. The number of rotatable bonds is 4. The van der Waals surface area contributed by atoms with E-state index in [9.17, 15) is 14.9 Å². The second kappa shape index (κ2) is 6.36. The Morgan fingerprint density at radius 1 is 1.38 bits per heavy atom. The van der Waals surface area contributed by atoms with Crippen LogP contribution in [0.1, 0.15) is 57.0 Å². The number of nitrogens with two attached hydrogens (primary N) is 1. The van der Waals surface area contributed by atoms with Gasteiger partial charge in [0.15, 0.2) is 6.61 Å². The first-order valence-electron chi connectivity index (χ1n) is 8.94. The molecule has 2 heterocycles. The van der Waals surface area contributed by atoms with E-state index in [0.717, 1.165) is 23.3 Å². The molecule has 1 saturated carbocycles. The van der Waals surface area contributed by atoms with Crippen molar-refractivity contribution in [2.45, 2.75) is 58.5 Å². The topological polar surface area (TPSA) is 95.8 Å². The zero-order valence-corrected chi connectivity index (χ0v) is 16.8. The van der Waals surface area contributed by atoms with E-state index in [1.807, 2.05) is 6.92 Å². The van der Waals surface area contributed by atoms with E-state index < -0.39 is 5.91 Å². The number of anilines is 1. The van der Waals surface area contributed by atoms with Gasteiger partial charge in [-0.3, -0.25) is 9.59 Å². The lowest BCUT2D eigenvalue weighted by Gasteiger charge is -2.38. The average molecular weight is 377 g/mol. The number of nitrogens with zero attached hydrogens (tertiary/aromatic N) is 1. The minimum Gasteiger partial charge on any atom is -0.455 e. The minimum atomic E-state index is -0.400. The van der Waals surface area contributed by atoms with Gasteiger partial charge in [-0.2, -0.15) is 5.26 Å². The quantitative estimate of drug-likeness (QED) is 0.785. The molecule has 7 heteroatoms. The lowest BCUT2D eigenvalue weighted by Crippen LogP contribution is -3.03. The van der Waals surface area contributed by atoms with Crippen molar-refractivity contribution in [1.82, 2.24) is 0 Å². The van der Waals surface area contributed by atoms with E-state index in [1.54, 1.807) is 0 Å². The smallest absolute Gasteiger partial charge is 0.309 e. The van der Waals surface area contributed by atoms with Crippen LogP contribution in [0.25, 0.3) is 0 Å². The summed E-state index contributed by atoms with van der Waals surface area (Å²) < 4.78 is 5.08. The molecule has 1 aliphatic carbocycles. The Morgan fingerprint density at radius 2 is 2.04 bits per heavy atom. The highest BCUT2D eigenvalue weighted by Crippen LogP contribution is 2.42. The largest absolute Gasteiger partial charge is 0.455 e. The summed E-state index contributed by atoms with van der Waals surface area (Å²) in [6.07, 6.45) is 1.60. The molecule has 2 atom stereocenters. The number of amides is 1. The third kappa shape index (κ3) is 3.62. The van der Waals surface area contributed by atoms with E-state index >= 15 is 0 Å². The Bertz CT molecular complexity index is 804. The highest BCUT2D eigenvalue weighted by molar-refractivity contribution is 7.16. The van der Waals surface area contributed by atoms with Gasteiger partial charge in [0.2, 0.25) is 0 Å². The van der Waals surface area contributed by atoms with E-state index in [4.69, 9.17) is 4.74 Å². The van der Waals surface area contributed by atoms with Crippen molar-refractivity contribution in [2.24, 2.45) is 11.8 Å². The lowest BCUT2D eigenvalue weighted by molar-refractivity contribution is -0.789. The molecule has 3 rings (SSSR count). The molecule has 1 aromatic heterocycles. The summed E-state index contributed by atoms with van der Waals surface area (Å²) in [5.74, 6) is -0.425. The molecule has 26 heavy (non-hydrogen) atoms. The van der Waals surface area contributed by atoms with Crippen LogP contribution in [-0.4, -0.2) is 24.0 Å². The van der Waals surface area contributed by atoms with Gasteiger partial charge in [0.05, 0.1) is 21.9 Å². The van der Waals surface area contributed by atoms with Gasteiger partial charge >= 0.3 is 5.97 Å². The first-order valence-corrected chi connectivity index (χ1v) is 9.75. The molecule has 2 aliphatic rings. The van der Waals surface area contributed by atoms with Crippen LogP contribution in [0.3, 0.4) is 0 Å². The van der Waals surface area contributed by atoms with Crippen LogP contribution in [0.15, 0.2) is 0 Å². The number of hydrogen-bond donors (Lipinski definition) is 2. The number of nitriles is 1. The van der Waals surface area contributed by atoms with Crippen LogP contribution in [-0.2, 0) is 26.3 Å². The van der Waals surface area contributed by atoms with Gasteiger partial charge in [-0.05, 0) is 45.6 Å². The van der Waals surface area contributed by atoms with Crippen molar-refractivity contribution in [2.75, 3.05) is 11.9 Å². The van der Waals surface area contributed by atoms with Crippen LogP contribution in [0, 0.1) is 23.2 Å². The molecular weight excluding hydrogens is 350 g/mol. The molecule has 1 aromatic rings. The summed E-state index contributed by atoms with van der Waals surface area (Å²) in [7, 11) is 0. The number of ether oxygens (including phenoxy) is 1. The Hall–Kier alpha value is -1.91. The summed E-state index contributed by atoms with van der Waals surface area (Å²) in [6.45, 7) is 10.3. The van der Waals surface area contributed by atoms with E-state index in [2.05, 4.69) is 44.4 Å². The summed E-state index contributed by atoms with van der Waals surface area (Å²) in [5.41, 5.74) is 1.38. The number of hydrogen-bond acceptors (Lipinski definition) is 5. The molecule has 0 bridgehead atoms. The van der Waals surface area contributed by atoms with Gasteiger partial charge in [0.25, 0.3) is 5.91 Å². The van der Waals surface area contributed by atoms with E-state index in [0.29, 0.717) is 16.5 Å². The molecule has 1 amide bonds. The lowest BCUT2D eigenvalue weighted by atomic mass is 9.81. The molecule has 1 fully saturated rings. The Labute approximate surface area is 157 Å². The zero-order chi connectivity index (χ0) is 19.3. The van der Waals surface area contributed by atoms with Gasteiger partial charge < -0.3 is 15.4 Å². The molecule has 0 spiro atoms. The summed E-state index contributed by atoms with van der Waals surface area (Å²) in [5, 5.41) is 15.3. The predicted octanol–water partition coefficient (Wildman–Crippen LogP) is 1.89. The van der Waals surface area contributed by atoms with Crippen molar-refractivity contribution >= 4 is 28.2 Å². The molecule has 1 aliphatic heterocycles. The maximum atomic E-state index is 12.2. The Morgan fingerprint density at radius 3 is 2.62 bits per heavy atom. The average Bonchev–Trinajstić information content (AvgIpc) is 3.14. The third-order valence-corrected chi connectivity index (χ3v) is 6.59. The maximum absolute atomic E-state index is 12.2. The van der Waals surface area contributed by atoms with Gasteiger partial charge in [-0.15, -0.1) is 11.3 Å². The fourth-order valence-corrected chi connectivity index (χ4v) is 5.23. The molecule has 0 unspecified atom stereocenters. The van der Waals surface area contributed by atoms with Crippen molar-refractivity contribution < 1.29 is 19.6 Å². The van der Waals surface area contributed by atoms with Crippen LogP contribution in [0.2, 0.25) is 0 Å². The van der Waals surface area contributed by atoms with Crippen molar-refractivity contribution in [3.63, 3.8) is 0 Å². The van der Waals surface area contributed by atoms with Crippen molar-refractivity contribution in [3.8, 4) is 6.07 Å². The molecule has 140 valence electrons. The summed E-state index contributed by atoms with van der Waals surface area (Å²) in [4.78, 5) is 25.1. The fourth-order valence-electron chi connectivity index (χ4n) is 3.97. The van der Waals surface area contributed by atoms with Gasteiger partial charge in [0.1, 0.15) is 16.6 Å². The number of esters is 1. The van der Waals surface area contributed by atoms with Crippen LogP contribution in [0.5, 0.6) is 0 Å². The second-order valence-electron chi connectivity index (χ2n) is 8.73. The van der Waals surface area contributed by atoms with E-state index in [1.165, 1.54) is 11.3 Å². The van der Waals surface area contributed by atoms with Gasteiger partial charge in [0, 0.05) is 6.42 Å². The third-order valence-electron chi connectivity index (χ3n) is 5.10. The fraction of sp³-hybridized carbons (Fsp3) is 0.632. The van der Waals surface area contributed by atoms with Crippen molar-refractivity contribution in [1.29, 1.82) is 5.26 Å². The molecule has 3 N–H and O–H groups in total. The zero-order valence-electron chi connectivity index (χ0n) is 15.9. The SMILES string of the molecule is C[C@@H]1C[C@@H]1C(=O)OCC(=O)Nc1sc2c(c1C#N)CC(C)(C)[NH2+]C2(C)C. The first kappa shape index (κ1) is 18.9. The monoisotopic (exact) mass is 376 g/mol. The molecule has 0 saturated heterocycles. The highest BCUT2D eigenvalue weighted by atomic mass is 32.1. The predicted molar refractivity (Wildman–Crippen MR) is 98.6 cm³/mol. The van der Waals surface area contributed by atoms with Crippen molar-refractivity contribution in [3.05, 3.63) is 16.0 Å². The second-order valence-corrected chi connectivity index (χ2v) is 9.75. The van der Waals surface area contributed by atoms with Crippen LogP contribution < -0.4 is 10.6 Å². The number of carbonyl (C=O) groups is 2. The minimum absolute atomic E-state index is 0.0130. The van der Waals surface area contributed by atoms with E-state index in [-0.39, 0.29) is 29.6 Å². The molecule has 0 radical (unpaired) electrons. The standard InChI is InChI=1S/C19H25N3O3S/c1-10-6-11(10)17(24)25-9-14(23)21-16-13(8-20)12-7-18(2,3)22-19(4,5)15(12)26-16/h10-11,22H,6-7,9H2,1-5H3,(H,21,23)/p+1/t10-,11+/m1/s1. The first-order chi connectivity index (χ1) is 12.0. The van der Waals surface area contributed by atoms with Crippen LogP contribution in [0.4, 0.5) is 5.00 Å². The highest BCUT2D eigenvalue weighted by Gasteiger charge is 2.44. The van der Waals surface area contributed by atoms with Crippen LogP contribution >= 0.6 is 11.3 Å². The van der Waals surface area contributed by atoms with Gasteiger partial charge in [-0.1, -0.05) is 6.92 Å². The number of fused-ring (bicyclic) bond motifs is 1. The maximum Gasteiger partial charge on any atom is 0.309 e. The molecule has 6 nitrogen and oxygen atoms in total. The number of nitrogens with one attached hydrogen (secondary N) is 1.